The van der Waals surface area contributed by atoms with Crippen LogP contribution in [0.1, 0.15) is 18.9 Å². The van der Waals surface area contributed by atoms with Crippen LogP contribution in [0.4, 0.5) is 5.69 Å². The normalized spacial score (nSPS) is 10.2. The minimum atomic E-state index is -0.117. The number of anilines is 1. The molecule has 0 spiro atoms. The Morgan fingerprint density at radius 1 is 1.14 bits per heavy atom. The summed E-state index contributed by atoms with van der Waals surface area (Å²) in [6.07, 6.45) is 1.28. The lowest BCUT2D eigenvalue weighted by molar-refractivity contribution is -0.116. The van der Waals surface area contributed by atoms with Crippen LogP contribution < -0.4 is 10.1 Å². The standard InChI is InChI=1S/C17H18ClNO2/c1-2-13-7-9-14(10-8-13)21-12-11-17(20)19-16-6-4-3-5-15(16)18/h3-10H,2,11-12H2,1H3,(H,19,20). The van der Waals surface area contributed by atoms with Crippen molar-refractivity contribution in [2.45, 2.75) is 19.8 Å². The highest BCUT2D eigenvalue weighted by atomic mass is 35.5. The minimum Gasteiger partial charge on any atom is -0.493 e. The van der Waals surface area contributed by atoms with Gasteiger partial charge < -0.3 is 10.1 Å². The monoisotopic (exact) mass is 303 g/mol. The number of ether oxygens (including phenoxy) is 1. The van der Waals surface area contributed by atoms with Crippen LogP contribution in [0.15, 0.2) is 48.5 Å². The Hall–Kier alpha value is -2.00. The molecule has 1 N–H and O–H groups in total. The highest BCUT2D eigenvalue weighted by Crippen LogP contribution is 2.20. The molecule has 0 aliphatic rings. The van der Waals surface area contributed by atoms with Crippen LogP contribution in [0.3, 0.4) is 0 Å². The molecule has 0 radical (unpaired) electrons. The Morgan fingerprint density at radius 3 is 2.52 bits per heavy atom. The second-order valence-electron chi connectivity index (χ2n) is 4.62. The van der Waals surface area contributed by atoms with E-state index in [-0.39, 0.29) is 12.3 Å². The number of benzene rings is 2. The molecular weight excluding hydrogens is 286 g/mol. The van der Waals surface area contributed by atoms with Gasteiger partial charge in [-0.05, 0) is 36.2 Å². The summed E-state index contributed by atoms with van der Waals surface area (Å²) in [5.41, 5.74) is 1.88. The zero-order chi connectivity index (χ0) is 15.1. The first-order chi connectivity index (χ1) is 10.2. The maximum atomic E-state index is 11.8. The van der Waals surface area contributed by atoms with Gasteiger partial charge in [-0.1, -0.05) is 42.8 Å². The number of halogens is 1. The highest BCUT2D eigenvalue weighted by Gasteiger charge is 2.05. The van der Waals surface area contributed by atoms with E-state index >= 15 is 0 Å². The first-order valence-electron chi connectivity index (χ1n) is 6.95. The average Bonchev–Trinajstić information content (AvgIpc) is 2.50. The molecule has 0 aromatic heterocycles. The van der Waals surface area contributed by atoms with Gasteiger partial charge in [0.05, 0.1) is 23.7 Å². The van der Waals surface area contributed by atoms with Crippen LogP contribution >= 0.6 is 11.6 Å². The second kappa shape index (κ2) is 7.70. The highest BCUT2D eigenvalue weighted by molar-refractivity contribution is 6.33. The first kappa shape index (κ1) is 15.4. The summed E-state index contributed by atoms with van der Waals surface area (Å²) in [6, 6.07) is 15.1. The van der Waals surface area contributed by atoms with Crippen LogP contribution in [0.5, 0.6) is 5.75 Å². The van der Waals surface area contributed by atoms with Gasteiger partial charge in [-0.15, -0.1) is 0 Å². The fraction of sp³-hybridized carbons (Fsp3) is 0.235. The maximum absolute atomic E-state index is 11.8. The predicted octanol–water partition coefficient (Wildman–Crippen LogP) is 4.31. The van der Waals surface area contributed by atoms with E-state index in [1.165, 1.54) is 5.56 Å². The Morgan fingerprint density at radius 2 is 1.86 bits per heavy atom. The largest absolute Gasteiger partial charge is 0.493 e. The molecule has 110 valence electrons. The van der Waals surface area contributed by atoms with Gasteiger partial charge in [0.2, 0.25) is 5.91 Å². The molecule has 0 saturated carbocycles. The van der Waals surface area contributed by atoms with Crippen molar-refractivity contribution < 1.29 is 9.53 Å². The Kier molecular flexibility index (Phi) is 5.64. The van der Waals surface area contributed by atoms with Crippen molar-refractivity contribution in [1.29, 1.82) is 0 Å². The van der Waals surface area contributed by atoms with Crippen LogP contribution in [-0.4, -0.2) is 12.5 Å². The van der Waals surface area contributed by atoms with Gasteiger partial charge in [0.25, 0.3) is 0 Å². The van der Waals surface area contributed by atoms with Gasteiger partial charge >= 0.3 is 0 Å². The number of rotatable bonds is 6. The lowest BCUT2D eigenvalue weighted by atomic mass is 10.2. The summed E-state index contributed by atoms with van der Waals surface area (Å²) < 4.78 is 5.55. The molecule has 0 bridgehead atoms. The van der Waals surface area contributed by atoms with Crippen molar-refractivity contribution >= 4 is 23.2 Å². The number of aryl methyl sites for hydroxylation is 1. The van der Waals surface area contributed by atoms with Crippen molar-refractivity contribution in [1.82, 2.24) is 0 Å². The number of hydrogen-bond donors (Lipinski definition) is 1. The minimum absolute atomic E-state index is 0.117. The van der Waals surface area contributed by atoms with Gasteiger partial charge in [0.1, 0.15) is 5.75 Å². The molecule has 2 aromatic carbocycles. The Labute approximate surface area is 129 Å². The number of nitrogens with one attached hydrogen (secondary N) is 1. The quantitative estimate of drug-likeness (QED) is 0.863. The topological polar surface area (TPSA) is 38.3 Å². The number of hydrogen-bond acceptors (Lipinski definition) is 2. The summed E-state index contributed by atoms with van der Waals surface area (Å²) in [6.45, 7) is 2.44. The summed E-state index contributed by atoms with van der Waals surface area (Å²) in [7, 11) is 0. The van der Waals surface area contributed by atoms with Crippen LogP contribution in [0, 0.1) is 0 Å². The molecule has 0 aliphatic heterocycles. The number of para-hydroxylation sites is 1. The SMILES string of the molecule is CCc1ccc(OCCC(=O)Nc2ccccc2Cl)cc1. The van der Waals surface area contributed by atoms with Gasteiger partial charge in [-0.2, -0.15) is 0 Å². The van der Waals surface area contributed by atoms with E-state index < -0.39 is 0 Å². The summed E-state index contributed by atoms with van der Waals surface area (Å²) in [5.74, 6) is 0.658. The van der Waals surface area contributed by atoms with E-state index in [1.807, 2.05) is 36.4 Å². The Balaban J connectivity index is 1.77. The molecule has 0 fully saturated rings. The number of amides is 1. The average molecular weight is 304 g/mol. The fourth-order valence-electron chi connectivity index (χ4n) is 1.86. The van der Waals surface area contributed by atoms with Gasteiger partial charge in [0.15, 0.2) is 0 Å². The molecule has 0 aliphatic carbocycles. The Bertz CT molecular complexity index is 596. The molecule has 0 unspecified atom stereocenters. The van der Waals surface area contributed by atoms with E-state index in [4.69, 9.17) is 16.3 Å². The molecular formula is C17H18ClNO2. The van der Waals surface area contributed by atoms with Crippen molar-refractivity contribution in [2.24, 2.45) is 0 Å². The van der Waals surface area contributed by atoms with E-state index in [2.05, 4.69) is 12.2 Å². The smallest absolute Gasteiger partial charge is 0.227 e. The molecule has 4 heteroatoms. The molecule has 2 rings (SSSR count). The van der Waals surface area contributed by atoms with Crippen LogP contribution in [0.25, 0.3) is 0 Å². The molecule has 1 amide bonds. The van der Waals surface area contributed by atoms with E-state index in [1.54, 1.807) is 12.1 Å². The van der Waals surface area contributed by atoms with Crippen molar-refractivity contribution in [3.8, 4) is 5.75 Å². The van der Waals surface area contributed by atoms with Gasteiger partial charge in [-0.3, -0.25) is 4.79 Å². The van der Waals surface area contributed by atoms with Gasteiger partial charge in [0, 0.05) is 0 Å². The maximum Gasteiger partial charge on any atom is 0.227 e. The third-order valence-corrected chi connectivity index (χ3v) is 3.41. The summed E-state index contributed by atoms with van der Waals surface area (Å²) >= 11 is 5.98. The summed E-state index contributed by atoms with van der Waals surface area (Å²) in [4.78, 5) is 11.8. The molecule has 3 nitrogen and oxygen atoms in total. The second-order valence-corrected chi connectivity index (χ2v) is 5.03. The van der Waals surface area contributed by atoms with Crippen molar-refractivity contribution in [2.75, 3.05) is 11.9 Å². The lowest BCUT2D eigenvalue weighted by Crippen LogP contribution is -2.15. The first-order valence-corrected chi connectivity index (χ1v) is 7.33. The zero-order valence-corrected chi connectivity index (χ0v) is 12.7. The fourth-order valence-corrected chi connectivity index (χ4v) is 2.04. The third-order valence-electron chi connectivity index (χ3n) is 3.08. The number of carbonyl (C=O) groups is 1. The third kappa shape index (κ3) is 4.80. The van der Waals surface area contributed by atoms with Crippen molar-refractivity contribution in [3.05, 3.63) is 59.1 Å². The molecule has 2 aromatic rings. The summed E-state index contributed by atoms with van der Waals surface area (Å²) in [5, 5.41) is 3.29. The van der Waals surface area contributed by atoms with Crippen molar-refractivity contribution in [3.63, 3.8) is 0 Å². The molecule has 21 heavy (non-hydrogen) atoms. The van der Waals surface area contributed by atoms with Gasteiger partial charge in [-0.25, -0.2) is 0 Å². The van der Waals surface area contributed by atoms with Crippen LogP contribution in [0.2, 0.25) is 5.02 Å². The van der Waals surface area contributed by atoms with E-state index in [9.17, 15) is 4.79 Å². The predicted molar refractivity (Wildman–Crippen MR) is 86.0 cm³/mol. The zero-order valence-electron chi connectivity index (χ0n) is 11.9. The molecule has 0 heterocycles. The van der Waals surface area contributed by atoms with E-state index in [0.717, 1.165) is 12.2 Å². The van der Waals surface area contributed by atoms with Crippen LogP contribution in [-0.2, 0) is 11.2 Å². The molecule has 0 atom stereocenters. The lowest BCUT2D eigenvalue weighted by Gasteiger charge is -2.08. The number of carbonyl (C=O) groups excluding carboxylic acids is 1. The van der Waals surface area contributed by atoms with E-state index in [0.29, 0.717) is 17.3 Å². The molecule has 0 saturated heterocycles.